The zero-order chi connectivity index (χ0) is 15.0. The summed E-state index contributed by atoms with van der Waals surface area (Å²) in [6.07, 6.45) is 1.45. The Morgan fingerprint density at radius 1 is 1.33 bits per heavy atom. The summed E-state index contributed by atoms with van der Waals surface area (Å²) in [7, 11) is -3.65. The molecule has 1 aliphatic rings. The van der Waals surface area contributed by atoms with Crippen LogP contribution in [0.4, 0.5) is 0 Å². The SMILES string of the molecule is O=S(=O)(c1cc(Cl)ccc1Cl)N1CC(Oc2nccs2)C1. The zero-order valence-electron chi connectivity index (χ0n) is 10.6. The van der Waals surface area contributed by atoms with Crippen LogP contribution < -0.4 is 4.74 Å². The van der Waals surface area contributed by atoms with Crippen LogP contribution in [0.25, 0.3) is 0 Å². The molecule has 2 aromatic rings. The summed E-state index contributed by atoms with van der Waals surface area (Å²) in [5, 5.41) is 2.82. The summed E-state index contributed by atoms with van der Waals surface area (Å²) in [6.45, 7) is 0.537. The molecule has 9 heteroatoms. The molecule has 1 fully saturated rings. The van der Waals surface area contributed by atoms with Crippen LogP contribution in [-0.4, -0.2) is 36.9 Å². The van der Waals surface area contributed by atoms with E-state index >= 15 is 0 Å². The molecule has 0 spiro atoms. The average Bonchev–Trinajstić information content (AvgIpc) is 2.88. The van der Waals surface area contributed by atoms with Gasteiger partial charge in [-0.25, -0.2) is 13.4 Å². The molecule has 21 heavy (non-hydrogen) atoms. The minimum Gasteiger partial charge on any atom is -0.464 e. The number of rotatable bonds is 4. The van der Waals surface area contributed by atoms with Gasteiger partial charge >= 0.3 is 0 Å². The molecule has 112 valence electrons. The number of benzene rings is 1. The van der Waals surface area contributed by atoms with Gasteiger partial charge in [-0.3, -0.25) is 0 Å². The first-order valence-corrected chi connectivity index (χ1v) is 9.06. The van der Waals surface area contributed by atoms with Crippen LogP contribution in [0.1, 0.15) is 0 Å². The third kappa shape index (κ3) is 3.02. The molecule has 1 aromatic carbocycles. The Labute approximate surface area is 136 Å². The number of nitrogens with zero attached hydrogens (tertiary/aromatic N) is 2. The molecule has 1 aromatic heterocycles. The zero-order valence-corrected chi connectivity index (χ0v) is 13.7. The van der Waals surface area contributed by atoms with Gasteiger partial charge in [-0.2, -0.15) is 4.31 Å². The number of ether oxygens (including phenoxy) is 1. The van der Waals surface area contributed by atoms with Gasteiger partial charge in [0.1, 0.15) is 11.0 Å². The van der Waals surface area contributed by atoms with E-state index in [9.17, 15) is 8.42 Å². The molecule has 0 unspecified atom stereocenters. The molecular weight excluding hydrogens is 355 g/mol. The quantitative estimate of drug-likeness (QED) is 0.836. The second kappa shape index (κ2) is 5.73. The molecule has 3 rings (SSSR count). The van der Waals surface area contributed by atoms with E-state index in [0.29, 0.717) is 10.2 Å². The van der Waals surface area contributed by atoms with Crippen LogP contribution in [0.5, 0.6) is 5.19 Å². The lowest BCUT2D eigenvalue weighted by atomic mass is 10.2. The van der Waals surface area contributed by atoms with Crippen molar-refractivity contribution in [1.82, 2.24) is 9.29 Å². The van der Waals surface area contributed by atoms with E-state index in [-0.39, 0.29) is 29.1 Å². The minimum atomic E-state index is -3.65. The smallest absolute Gasteiger partial charge is 0.273 e. The third-order valence-corrected chi connectivity index (χ3v) is 6.21. The topological polar surface area (TPSA) is 59.5 Å². The fourth-order valence-corrected chi connectivity index (χ4v) is 4.69. The lowest BCUT2D eigenvalue weighted by Gasteiger charge is -2.37. The van der Waals surface area contributed by atoms with E-state index in [1.54, 1.807) is 17.6 Å². The average molecular weight is 365 g/mol. The summed E-state index contributed by atoms with van der Waals surface area (Å²) >= 11 is 13.2. The highest BCUT2D eigenvalue weighted by atomic mass is 35.5. The second-order valence-corrected chi connectivity index (χ2v) is 8.04. The summed E-state index contributed by atoms with van der Waals surface area (Å²) < 4.78 is 31.8. The highest BCUT2D eigenvalue weighted by Gasteiger charge is 2.39. The number of sulfonamides is 1. The van der Waals surface area contributed by atoms with Gasteiger partial charge in [-0.1, -0.05) is 34.5 Å². The Kier molecular flexibility index (Phi) is 4.11. The van der Waals surface area contributed by atoms with E-state index < -0.39 is 10.0 Å². The maximum Gasteiger partial charge on any atom is 0.273 e. The second-order valence-electron chi connectivity index (χ2n) is 4.43. The van der Waals surface area contributed by atoms with Gasteiger partial charge in [-0.15, -0.1) is 0 Å². The van der Waals surface area contributed by atoms with Gasteiger partial charge < -0.3 is 4.74 Å². The predicted molar refractivity (Wildman–Crippen MR) is 81.8 cm³/mol. The van der Waals surface area contributed by atoms with Crippen molar-refractivity contribution in [3.05, 3.63) is 39.8 Å². The normalized spacial score (nSPS) is 16.7. The number of hydrogen-bond donors (Lipinski definition) is 0. The van der Waals surface area contributed by atoms with Gasteiger partial charge in [0, 0.05) is 16.6 Å². The first kappa shape index (κ1) is 15.1. The number of aromatic nitrogens is 1. The Morgan fingerprint density at radius 3 is 2.76 bits per heavy atom. The highest BCUT2D eigenvalue weighted by molar-refractivity contribution is 7.89. The van der Waals surface area contributed by atoms with Gasteiger partial charge in [-0.05, 0) is 18.2 Å². The fourth-order valence-electron chi connectivity index (χ4n) is 1.90. The lowest BCUT2D eigenvalue weighted by Crippen LogP contribution is -2.56. The van der Waals surface area contributed by atoms with Crippen LogP contribution in [0, 0.1) is 0 Å². The van der Waals surface area contributed by atoms with Crippen LogP contribution in [0.2, 0.25) is 10.0 Å². The van der Waals surface area contributed by atoms with Crippen molar-refractivity contribution in [2.45, 2.75) is 11.0 Å². The Balaban J connectivity index is 1.72. The molecule has 0 saturated carbocycles. The van der Waals surface area contributed by atoms with Crippen molar-refractivity contribution in [3.8, 4) is 5.19 Å². The lowest BCUT2D eigenvalue weighted by molar-refractivity contribution is 0.0759. The maximum absolute atomic E-state index is 12.4. The van der Waals surface area contributed by atoms with Crippen LogP contribution in [0.15, 0.2) is 34.7 Å². The first-order valence-electron chi connectivity index (χ1n) is 5.98. The molecule has 1 aliphatic heterocycles. The van der Waals surface area contributed by atoms with Crippen molar-refractivity contribution in [1.29, 1.82) is 0 Å². The Bertz CT molecular complexity index is 744. The largest absolute Gasteiger partial charge is 0.464 e. The van der Waals surface area contributed by atoms with E-state index in [0.717, 1.165) is 0 Å². The van der Waals surface area contributed by atoms with Crippen molar-refractivity contribution >= 4 is 44.6 Å². The summed E-state index contributed by atoms with van der Waals surface area (Å²) in [4.78, 5) is 4.02. The van der Waals surface area contributed by atoms with Crippen molar-refractivity contribution < 1.29 is 13.2 Å². The predicted octanol–water partition coefficient (Wildman–Crippen LogP) is 2.90. The minimum absolute atomic E-state index is 0.0179. The standard InChI is InChI=1S/C12H10Cl2N2O3S2/c13-8-1-2-10(14)11(5-8)21(17,18)16-6-9(7-16)19-12-15-3-4-20-12/h1-5,9H,6-7H2. The summed E-state index contributed by atoms with van der Waals surface area (Å²) in [5.74, 6) is 0. The van der Waals surface area contributed by atoms with Gasteiger partial charge in [0.15, 0.2) is 0 Å². The van der Waals surface area contributed by atoms with E-state index in [4.69, 9.17) is 27.9 Å². The molecule has 0 atom stereocenters. The molecule has 5 nitrogen and oxygen atoms in total. The van der Waals surface area contributed by atoms with Crippen molar-refractivity contribution in [2.24, 2.45) is 0 Å². The van der Waals surface area contributed by atoms with Crippen molar-refractivity contribution in [3.63, 3.8) is 0 Å². The molecular formula is C12H10Cl2N2O3S2. The third-order valence-electron chi connectivity index (χ3n) is 3.00. The molecule has 0 radical (unpaired) electrons. The molecule has 0 N–H and O–H groups in total. The first-order chi connectivity index (χ1) is 9.96. The molecule has 0 aliphatic carbocycles. The van der Waals surface area contributed by atoms with E-state index in [2.05, 4.69) is 4.98 Å². The van der Waals surface area contributed by atoms with Gasteiger partial charge in [0.2, 0.25) is 10.0 Å². The highest BCUT2D eigenvalue weighted by Crippen LogP contribution is 2.31. The Morgan fingerprint density at radius 2 is 2.10 bits per heavy atom. The van der Waals surface area contributed by atoms with Crippen LogP contribution in [-0.2, 0) is 10.0 Å². The molecule has 0 amide bonds. The van der Waals surface area contributed by atoms with Gasteiger partial charge in [0.25, 0.3) is 5.19 Å². The Hall–Kier alpha value is -0.860. The monoisotopic (exact) mass is 364 g/mol. The number of thiazole rings is 1. The molecule has 0 bridgehead atoms. The summed E-state index contributed by atoms with van der Waals surface area (Å²) in [6, 6.07) is 4.38. The van der Waals surface area contributed by atoms with E-state index in [1.807, 2.05) is 0 Å². The molecule has 2 heterocycles. The van der Waals surface area contributed by atoms with Gasteiger partial charge in [0.05, 0.1) is 18.1 Å². The van der Waals surface area contributed by atoms with Crippen molar-refractivity contribution in [2.75, 3.05) is 13.1 Å². The number of halogens is 2. The summed E-state index contributed by atoms with van der Waals surface area (Å²) in [5.41, 5.74) is 0. The molecule has 1 saturated heterocycles. The van der Waals surface area contributed by atoms with Crippen LogP contribution in [0.3, 0.4) is 0 Å². The van der Waals surface area contributed by atoms with E-state index in [1.165, 1.54) is 27.8 Å². The van der Waals surface area contributed by atoms with Crippen LogP contribution >= 0.6 is 34.5 Å². The number of hydrogen-bond acceptors (Lipinski definition) is 5. The fraction of sp³-hybridized carbons (Fsp3) is 0.250. The maximum atomic E-state index is 12.4.